The number of hydrogen-bond donors (Lipinski definition) is 1. The Morgan fingerprint density at radius 1 is 0.909 bits per heavy atom. The molecule has 0 bridgehead atoms. The lowest BCUT2D eigenvalue weighted by atomic mass is 9.43. The molecule has 0 aromatic carbocycles. The zero-order valence-corrected chi connectivity index (χ0v) is 31.0. The van der Waals surface area contributed by atoms with Crippen LogP contribution in [0, 0.1) is 39.9 Å². The molecule has 0 spiro atoms. The number of hydrogen-bond acceptors (Lipinski definition) is 3. The Labute approximate surface area is 272 Å². The lowest BCUT2D eigenvalue weighted by Gasteiger charge is -2.62. The van der Waals surface area contributed by atoms with Gasteiger partial charge in [-0.25, -0.2) is 0 Å². The number of ketones is 1. The van der Waals surface area contributed by atoms with Crippen LogP contribution >= 0.6 is 0 Å². The quantitative estimate of drug-likeness (QED) is 0.145. The summed E-state index contributed by atoms with van der Waals surface area (Å²) in [6.07, 6.45) is 22.9. The predicted molar refractivity (Wildman–Crippen MR) is 185 cm³/mol. The van der Waals surface area contributed by atoms with Crippen LogP contribution in [0.1, 0.15) is 157 Å². The average molecular weight is 629 g/mol. The SMILES string of the molecule is CC(C)(C)[Si](C)(C)OCCCCCCCCCCC[C@@H]1CC2=CC(=O)CC[C@]2(C)[C@H]2CC[C@@]3(C)[C@@H](CC[C@]3(C)CC(=O)O)[C@H]12. The normalized spacial score (nSPS) is 35.5. The molecule has 4 rings (SSSR count). The topological polar surface area (TPSA) is 63.6 Å². The van der Waals surface area contributed by atoms with E-state index in [4.69, 9.17) is 4.43 Å². The fourth-order valence-electron chi connectivity index (χ4n) is 10.3. The monoisotopic (exact) mass is 628 g/mol. The molecule has 0 aliphatic heterocycles. The van der Waals surface area contributed by atoms with Gasteiger partial charge in [-0.3, -0.25) is 9.59 Å². The zero-order chi connectivity index (χ0) is 32.4. The van der Waals surface area contributed by atoms with Crippen LogP contribution in [0.3, 0.4) is 0 Å². The van der Waals surface area contributed by atoms with Crippen molar-refractivity contribution in [2.45, 2.75) is 175 Å². The van der Waals surface area contributed by atoms with Crippen LogP contribution in [-0.2, 0) is 14.0 Å². The van der Waals surface area contributed by atoms with E-state index in [1.54, 1.807) is 0 Å². The number of carbonyl (C=O) groups is 2. The number of carbonyl (C=O) groups excluding carboxylic acids is 1. The van der Waals surface area contributed by atoms with E-state index in [0.717, 1.165) is 32.3 Å². The molecule has 0 heterocycles. The Morgan fingerprint density at radius 2 is 1.50 bits per heavy atom. The summed E-state index contributed by atoms with van der Waals surface area (Å²) in [5.41, 5.74) is 1.64. The van der Waals surface area contributed by atoms with E-state index in [0.29, 0.717) is 47.3 Å². The molecule has 0 amide bonds. The van der Waals surface area contributed by atoms with Gasteiger partial charge in [0.15, 0.2) is 14.1 Å². The second-order valence-corrected chi connectivity index (χ2v) is 22.8. The maximum atomic E-state index is 12.5. The van der Waals surface area contributed by atoms with Crippen molar-refractivity contribution >= 4 is 20.1 Å². The van der Waals surface area contributed by atoms with Crippen LogP contribution in [0.5, 0.6) is 0 Å². The van der Waals surface area contributed by atoms with Crippen LogP contribution in [0.25, 0.3) is 0 Å². The highest BCUT2D eigenvalue weighted by molar-refractivity contribution is 6.74. The summed E-state index contributed by atoms with van der Waals surface area (Å²) < 4.78 is 6.34. The fourth-order valence-corrected chi connectivity index (χ4v) is 11.4. The van der Waals surface area contributed by atoms with Gasteiger partial charge in [-0.1, -0.05) is 98.5 Å². The van der Waals surface area contributed by atoms with Gasteiger partial charge in [-0.05, 0) is 115 Å². The molecule has 0 saturated heterocycles. The largest absolute Gasteiger partial charge is 0.481 e. The smallest absolute Gasteiger partial charge is 0.303 e. The number of carboxylic acid groups (broad SMARTS) is 1. The van der Waals surface area contributed by atoms with E-state index in [1.807, 2.05) is 0 Å². The molecule has 4 aliphatic carbocycles. The summed E-state index contributed by atoms with van der Waals surface area (Å²) in [5.74, 6) is 2.32. The summed E-state index contributed by atoms with van der Waals surface area (Å²) in [6, 6.07) is 0. The van der Waals surface area contributed by atoms with Crippen molar-refractivity contribution in [1.82, 2.24) is 0 Å². The first-order valence-corrected chi connectivity index (χ1v) is 21.5. The first kappa shape index (κ1) is 35.9. The molecule has 0 unspecified atom stereocenters. The van der Waals surface area contributed by atoms with Crippen molar-refractivity contribution in [3.8, 4) is 0 Å². The standard InChI is InChI=1S/C39H68O4Si/c1-36(2,3)44(7,8)43-25-17-15-13-11-9-10-12-14-16-18-29-26-30-27-31(40)19-23-38(30,5)32-21-24-39(6)33(35(29)32)20-22-37(39,4)28-34(41)42/h27,29,32-33,35H,9-26,28H2,1-8H3,(H,41,42)/t29-,32+,33+,35-,37-,38+,39+/m1/s1. The highest BCUT2D eigenvalue weighted by Gasteiger charge is 2.64. The summed E-state index contributed by atoms with van der Waals surface area (Å²) in [5, 5.41) is 10.1. The molecular formula is C39H68O4Si. The van der Waals surface area contributed by atoms with Crippen molar-refractivity contribution in [2.24, 2.45) is 39.9 Å². The Hall–Kier alpha value is -0.943. The fraction of sp³-hybridized carbons (Fsp3) is 0.897. The molecule has 3 fully saturated rings. The molecule has 5 heteroatoms. The van der Waals surface area contributed by atoms with Crippen molar-refractivity contribution in [2.75, 3.05) is 6.61 Å². The van der Waals surface area contributed by atoms with Crippen molar-refractivity contribution < 1.29 is 19.1 Å². The molecule has 0 aromatic rings. The summed E-state index contributed by atoms with van der Waals surface area (Å²) in [4.78, 5) is 24.5. The highest BCUT2D eigenvalue weighted by Crippen LogP contribution is 2.71. The Balaban J connectivity index is 1.25. The van der Waals surface area contributed by atoms with Crippen LogP contribution in [0.4, 0.5) is 0 Å². The molecule has 4 nitrogen and oxygen atoms in total. The molecule has 1 N–H and O–H groups in total. The first-order valence-electron chi connectivity index (χ1n) is 18.6. The number of unbranched alkanes of at least 4 members (excludes halogenated alkanes) is 8. The molecule has 3 saturated carbocycles. The van der Waals surface area contributed by atoms with Crippen molar-refractivity contribution in [3.63, 3.8) is 0 Å². The van der Waals surface area contributed by atoms with E-state index in [1.165, 1.54) is 82.6 Å². The maximum absolute atomic E-state index is 12.5. The van der Waals surface area contributed by atoms with Gasteiger partial charge >= 0.3 is 5.97 Å². The minimum atomic E-state index is -1.60. The van der Waals surface area contributed by atoms with E-state index in [-0.39, 0.29) is 16.2 Å². The predicted octanol–water partition coefficient (Wildman–Crippen LogP) is 11.1. The molecule has 7 atom stereocenters. The van der Waals surface area contributed by atoms with Gasteiger partial charge in [-0.15, -0.1) is 0 Å². The van der Waals surface area contributed by atoms with Gasteiger partial charge in [0.1, 0.15) is 0 Å². The number of carboxylic acids is 1. The summed E-state index contributed by atoms with van der Waals surface area (Å²) in [7, 11) is -1.60. The minimum Gasteiger partial charge on any atom is -0.481 e. The van der Waals surface area contributed by atoms with E-state index >= 15 is 0 Å². The third-order valence-corrected chi connectivity index (χ3v) is 19.0. The number of rotatable bonds is 15. The average Bonchev–Trinajstić information content (AvgIpc) is 3.18. The van der Waals surface area contributed by atoms with Gasteiger partial charge in [-0.2, -0.15) is 0 Å². The molecular weight excluding hydrogens is 561 g/mol. The van der Waals surface area contributed by atoms with Crippen LogP contribution in [0.2, 0.25) is 18.1 Å². The van der Waals surface area contributed by atoms with Crippen LogP contribution in [-0.4, -0.2) is 31.8 Å². The van der Waals surface area contributed by atoms with Gasteiger partial charge in [0.25, 0.3) is 0 Å². The minimum absolute atomic E-state index is 0.101. The van der Waals surface area contributed by atoms with E-state index in [2.05, 4.69) is 60.7 Å². The van der Waals surface area contributed by atoms with Crippen LogP contribution in [0.15, 0.2) is 11.6 Å². The Kier molecular flexibility index (Phi) is 11.5. The van der Waals surface area contributed by atoms with Crippen LogP contribution < -0.4 is 0 Å². The molecule has 4 aliphatic rings. The maximum Gasteiger partial charge on any atom is 0.303 e. The summed E-state index contributed by atoms with van der Waals surface area (Å²) >= 11 is 0. The second-order valence-electron chi connectivity index (χ2n) is 18.0. The molecule has 252 valence electrons. The number of fused-ring (bicyclic) bond motifs is 5. The van der Waals surface area contributed by atoms with Gasteiger partial charge in [0, 0.05) is 13.0 Å². The van der Waals surface area contributed by atoms with Crippen molar-refractivity contribution in [3.05, 3.63) is 11.6 Å². The first-order chi connectivity index (χ1) is 20.5. The number of allylic oxidation sites excluding steroid dienone is 1. The van der Waals surface area contributed by atoms with Gasteiger partial charge < -0.3 is 9.53 Å². The lowest BCUT2D eigenvalue weighted by molar-refractivity contribution is -0.145. The number of aliphatic carboxylic acids is 1. The third-order valence-electron chi connectivity index (χ3n) is 14.4. The van der Waals surface area contributed by atoms with Crippen molar-refractivity contribution in [1.29, 1.82) is 0 Å². The Bertz CT molecular complexity index is 1040. The summed E-state index contributed by atoms with van der Waals surface area (Å²) in [6.45, 7) is 19.8. The second kappa shape index (κ2) is 14.0. The van der Waals surface area contributed by atoms with Gasteiger partial charge in [0.05, 0.1) is 6.42 Å². The molecule has 44 heavy (non-hydrogen) atoms. The highest BCUT2D eigenvalue weighted by atomic mass is 28.4. The third kappa shape index (κ3) is 7.45. The zero-order valence-electron chi connectivity index (χ0n) is 30.0. The van der Waals surface area contributed by atoms with E-state index < -0.39 is 14.3 Å². The molecule has 0 radical (unpaired) electrons. The Morgan fingerprint density at radius 3 is 2.11 bits per heavy atom. The lowest BCUT2D eigenvalue weighted by Crippen LogP contribution is -2.55. The van der Waals surface area contributed by atoms with Gasteiger partial charge in [0.2, 0.25) is 0 Å². The molecule has 0 aromatic heterocycles. The van der Waals surface area contributed by atoms with E-state index in [9.17, 15) is 14.7 Å².